The lowest BCUT2D eigenvalue weighted by molar-refractivity contribution is 0.298. The average molecular weight is 660 g/mol. The lowest BCUT2D eigenvalue weighted by Crippen LogP contribution is -2.43. The monoisotopic (exact) mass is 659 g/mol. The summed E-state index contributed by atoms with van der Waals surface area (Å²) in [5.41, 5.74) is 16.1. The van der Waals surface area contributed by atoms with Crippen molar-refractivity contribution in [1.82, 2.24) is 15.0 Å². The van der Waals surface area contributed by atoms with Crippen LogP contribution in [0, 0.1) is 0 Å². The Morgan fingerprint density at radius 3 is 1.45 bits per heavy atom. The van der Waals surface area contributed by atoms with Crippen LogP contribution < -0.4 is 0 Å². The Labute approximate surface area is 301 Å². The second kappa shape index (κ2) is 11.2. The lowest BCUT2D eigenvalue weighted by Gasteiger charge is -2.48. The number of benzene rings is 6. The molecule has 51 heavy (non-hydrogen) atoms. The van der Waals surface area contributed by atoms with Gasteiger partial charge in [0.2, 0.25) is 0 Å². The van der Waals surface area contributed by atoms with Gasteiger partial charge in [0.15, 0.2) is 17.5 Å². The van der Waals surface area contributed by atoms with Gasteiger partial charge < -0.3 is 0 Å². The van der Waals surface area contributed by atoms with Gasteiger partial charge in [-0.1, -0.05) is 163 Å². The maximum Gasteiger partial charge on any atom is 0.164 e. The summed E-state index contributed by atoms with van der Waals surface area (Å²) in [7, 11) is 0. The summed E-state index contributed by atoms with van der Waals surface area (Å²) in [4.78, 5) is 14.9. The SMILES string of the molecule is CC1(C)c2cc(-c3cccc(-c4nc(-c5ccccc5)nc(-c5ccccc5)n4)c3)ccc2-c2cc3c(cc21)C(C)(C)C(C)(C)c1ccccc1-3. The third-order valence-corrected chi connectivity index (χ3v) is 12.1. The van der Waals surface area contributed by atoms with E-state index in [9.17, 15) is 0 Å². The van der Waals surface area contributed by atoms with Crippen LogP contribution in [0.1, 0.15) is 63.8 Å². The number of fused-ring (bicyclic) bond motifs is 6. The molecule has 0 spiro atoms. The normalized spacial score (nSPS) is 15.7. The Morgan fingerprint density at radius 1 is 0.314 bits per heavy atom. The van der Waals surface area contributed by atoms with Gasteiger partial charge in [0, 0.05) is 22.1 Å². The molecule has 2 aliphatic rings. The van der Waals surface area contributed by atoms with Crippen molar-refractivity contribution in [3.05, 3.63) is 162 Å². The van der Waals surface area contributed by atoms with Crippen LogP contribution in [0.15, 0.2) is 140 Å². The topological polar surface area (TPSA) is 38.7 Å². The van der Waals surface area contributed by atoms with Gasteiger partial charge in [0.1, 0.15) is 0 Å². The second-order valence-electron chi connectivity index (χ2n) is 15.7. The van der Waals surface area contributed by atoms with E-state index in [0.29, 0.717) is 17.5 Å². The molecule has 0 atom stereocenters. The highest BCUT2D eigenvalue weighted by molar-refractivity contribution is 5.90. The Hall–Kier alpha value is -5.67. The predicted molar refractivity (Wildman–Crippen MR) is 211 cm³/mol. The van der Waals surface area contributed by atoms with E-state index in [0.717, 1.165) is 22.3 Å². The number of nitrogens with zero attached hydrogens (tertiary/aromatic N) is 3. The molecule has 0 saturated heterocycles. The average Bonchev–Trinajstić information content (AvgIpc) is 3.39. The molecule has 7 aromatic rings. The molecule has 9 rings (SSSR count). The first-order valence-corrected chi connectivity index (χ1v) is 18.0. The first-order chi connectivity index (χ1) is 24.5. The summed E-state index contributed by atoms with van der Waals surface area (Å²) in [5.74, 6) is 1.99. The predicted octanol–water partition coefficient (Wildman–Crippen LogP) is 12.1. The fourth-order valence-electron chi connectivity index (χ4n) is 8.41. The van der Waals surface area contributed by atoms with Crippen LogP contribution in [0.5, 0.6) is 0 Å². The smallest absolute Gasteiger partial charge is 0.164 e. The minimum absolute atomic E-state index is 0.000858. The Bertz CT molecular complexity index is 2430. The molecule has 0 radical (unpaired) electrons. The van der Waals surface area contributed by atoms with Crippen molar-refractivity contribution in [1.29, 1.82) is 0 Å². The highest BCUT2D eigenvalue weighted by atomic mass is 15.0. The molecule has 0 N–H and O–H groups in total. The molecule has 6 aromatic carbocycles. The van der Waals surface area contributed by atoms with Crippen molar-refractivity contribution < 1.29 is 0 Å². The fourth-order valence-corrected chi connectivity index (χ4v) is 8.41. The maximum atomic E-state index is 5.00. The zero-order valence-electron chi connectivity index (χ0n) is 30.1. The summed E-state index contributed by atoms with van der Waals surface area (Å²) >= 11 is 0. The minimum Gasteiger partial charge on any atom is -0.208 e. The molecule has 0 bridgehead atoms. The van der Waals surface area contributed by atoms with Crippen molar-refractivity contribution in [3.63, 3.8) is 0 Å². The molecule has 1 heterocycles. The van der Waals surface area contributed by atoms with Crippen LogP contribution >= 0.6 is 0 Å². The van der Waals surface area contributed by atoms with E-state index in [4.69, 9.17) is 15.0 Å². The van der Waals surface area contributed by atoms with Gasteiger partial charge in [-0.15, -0.1) is 0 Å². The van der Waals surface area contributed by atoms with Gasteiger partial charge in [0.05, 0.1) is 0 Å². The summed E-state index contributed by atoms with van der Waals surface area (Å²) in [5, 5.41) is 0. The van der Waals surface area contributed by atoms with Crippen molar-refractivity contribution in [2.24, 2.45) is 0 Å². The first kappa shape index (κ1) is 31.3. The van der Waals surface area contributed by atoms with Gasteiger partial charge >= 0.3 is 0 Å². The van der Waals surface area contributed by atoms with E-state index in [2.05, 4.69) is 120 Å². The Balaban J connectivity index is 1.15. The van der Waals surface area contributed by atoms with E-state index >= 15 is 0 Å². The van der Waals surface area contributed by atoms with Crippen molar-refractivity contribution in [3.8, 4) is 67.5 Å². The van der Waals surface area contributed by atoms with Crippen molar-refractivity contribution in [2.45, 2.75) is 57.8 Å². The van der Waals surface area contributed by atoms with Gasteiger partial charge in [-0.05, 0) is 84.7 Å². The summed E-state index contributed by atoms with van der Waals surface area (Å²) in [6.07, 6.45) is 0. The van der Waals surface area contributed by atoms with Crippen molar-refractivity contribution >= 4 is 0 Å². The molecular formula is C48H41N3. The quantitative estimate of drug-likeness (QED) is 0.189. The van der Waals surface area contributed by atoms with Gasteiger partial charge in [-0.3, -0.25) is 0 Å². The third-order valence-electron chi connectivity index (χ3n) is 12.1. The maximum absolute atomic E-state index is 5.00. The highest BCUT2D eigenvalue weighted by Gasteiger charge is 2.47. The van der Waals surface area contributed by atoms with E-state index < -0.39 is 0 Å². The Morgan fingerprint density at radius 2 is 0.784 bits per heavy atom. The van der Waals surface area contributed by atoms with Gasteiger partial charge in [-0.25, -0.2) is 15.0 Å². The zero-order valence-corrected chi connectivity index (χ0v) is 30.1. The van der Waals surface area contributed by atoms with Gasteiger partial charge in [-0.2, -0.15) is 0 Å². The molecule has 0 aliphatic heterocycles. The number of hydrogen-bond donors (Lipinski definition) is 0. The van der Waals surface area contributed by atoms with E-state index in [-0.39, 0.29) is 16.2 Å². The minimum atomic E-state index is -0.145. The highest BCUT2D eigenvalue weighted by Crippen LogP contribution is 2.58. The van der Waals surface area contributed by atoms with Crippen LogP contribution in [0.3, 0.4) is 0 Å². The molecule has 0 fully saturated rings. The lowest BCUT2D eigenvalue weighted by atomic mass is 9.55. The number of aromatic nitrogens is 3. The van der Waals surface area contributed by atoms with E-state index in [1.165, 1.54) is 50.1 Å². The fraction of sp³-hybridized carbons (Fsp3) is 0.188. The van der Waals surface area contributed by atoms with Crippen LogP contribution in [0.4, 0.5) is 0 Å². The van der Waals surface area contributed by atoms with Gasteiger partial charge in [0.25, 0.3) is 0 Å². The van der Waals surface area contributed by atoms with Crippen molar-refractivity contribution in [2.75, 3.05) is 0 Å². The van der Waals surface area contributed by atoms with E-state index in [1.54, 1.807) is 0 Å². The number of hydrogen-bond acceptors (Lipinski definition) is 3. The van der Waals surface area contributed by atoms with E-state index in [1.807, 2.05) is 60.7 Å². The first-order valence-electron chi connectivity index (χ1n) is 18.0. The third kappa shape index (κ3) is 4.75. The molecule has 3 heteroatoms. The molecular weight excluding hydrogens is 619 g/mol. The summed E-state index contributed by atoms with van der Waals surface area (Å²) < 4.78 is 0. The molecule has 2 aliphatic carbocycles. The number of rotatable bonds is 4. The molecule has 0 amide bonds. The molecule has 3 nitrogen and oxygen atoms in total. The summed E-state index contributed by atoms with van der Waals surface area (Å²) in [6, 6.07) is 50.0. The molecule has 248 valence electrons. The Kier molecular flexibility index (Phi) is 6.86. The molecule has 0 saturated carbocycles. The standard InChI is InChI=1S/C48H41N3/c1-46(2)40-27-33(24-25-36(40)37-28-38-35-22-13-14-23-39(35)47(3,4)48(5,6)42(38)29-41(37)46)32-20-15-21-34(26-32)45-50-43(30-16-9-7-10-17-30)49-44(51-45)31-18-11-8-12-19-31/h7-29H,1-6H3. The van der Waals surface area contributed by atoms with Crippen LogP contribution in [0.25, 0.3) is 67.5 Å². The zero-order chi connectivity index (χ0) is 35.1. The van der Waals surface area contributed by atoms with Crippen LogP contribution in [-0.4, -0.2) is 15.0 Å². The molecule has 1 aromatic heterocycles. The second-order valence-corrected chi connectivity index (χ2v) is 15.7. The largest absolute Gasteiger partial charge is 0.208 e. The molecule has 0 unspecified atom stereocenters. The van der Waals surface area contributed by atoms with Crippen LogP contribution in [0.2, 0.25) is 0 Å². The summed E-state index contributed by atoms with van der Waals surface area (Å²) in [6.45, 7) is 14.4. The van der Waals surface area contributed by atoms with Crippen LogP contribution in [-0.2, 0) is 16.2 Å².